The van der Waals surface area contributed by atoms with Crippen molar-refractivity contribution in [1.82, 2.24) is 4.98 Å². The van der Waals surface area contributed by atoms with Crippen LogP contribution in [0.2, 0.25) is 0 Å². The van der Waals surface area contributed by atoms with Gasteiger partial charge in [0.1, 0.15) is 5.38 Å². The lowest BCUT2D eigenvalue weighted by Gasteiger charge is -1.94. The van der Waals surface area contributed by atoms with Crippen molar-refractivity contribution in [3.8, 4) is 10.6 Å². The minimum absolute atomic E-state index is 0.192. The number of oxazole rings is 1. The van der Waals surface area contributed by atoms with Gasteiger partial charge in [-0.3, -0.25) is 0 Å². The Morgan fingerprint density at radius 1 is 1.64 bits per heavy atom. The molecule has 2 aromatic rings. The zero-order valence-corrected chi connectivity index (χ0v) is 10.5. The number of nitrogens with zero attached hydrogens (tertiary/aromatic N) is 1. The fourth-order valence-electron chi connectivity index (χ4n) is 1.05. The highest BCUT2D eigenvalue weighted by atomic mass is 79.9. The normalized spacial score (nSPS) is 13.1. The molecule has 0 aliphatic carbocycles. The van der Waals surface area contributed by atoms with Crippen LogP contribution in [0.5, 0.6) is 0 Å². The summed E-state index contributed by atoms with van der Waals surface area (Å²) >= 11 is 10.9. The highest BCUT2D eigenvalue weighted by Crippen LogP contribution is 2.35. The number of alkyl halides is 1. The quantitative estimate of drug-likeness (QED) is 0.764. The van der Waals surface area contributed by atoms with Crippen LogP contribution in [0.3, 0.4) is 0 Å². The Bertz CT molecular complexity index is 437. The van der Waals surface area contributed by atoms with Crippen molar-refractivity contribution < 1.29 is 4.42 Å². The van der Waals surface area contributed by atoms with Gasteiger partial charge in [0.15, 0.2) is 5.76 Å². The van der Waals surface area contributed by atoms with Crippen LogP contribution in [0.4, 0.5) is 0 Å². The van der Waals surface area contributed by atoms with Crippen LogP contribution in [0.1, 0.15) is 18.2 Å². The minimum Gasteiger partial charge on any atom is -0.438 e. The minimum atomic E-state index is -0.192. The van der Waals surface area contributed by atoms with Gasteiger partial charge in [-0.15, -0.1) is 22.9 Å². The van der Waals surface area contributed by atoms with Crippen molar-refractivity contribution in [3.63, 3.8) is 0 Å². The second-order valence-corrected chi connectivity index (χ2v) is 5.20. The van der Waals surface area contributed by atoms with E-state index in [9.17, 15) is 0 Å². The number of hydrogen-bond acceptors (Lipinski definition) is 3. The molecule has 2 aromatic heterocycles. The highest BCUT2D eigenvalue weighted by Gasteiger charge is 2.13. The molecule has 0 spiro atoms. The Hall–Kier alpha value is -0.320. The van der Waals surface area contributed by atoms with Crippen LogP contribution in [0, 0.1) is 0 Å². The van der Waals surface area contributed by atoms with E-state index in [0.29, 0.717) is 5.89 Å². The molecule has 0 aliphatic rings. The molecule has 0 bridgehead atoms. The first-order valence-electron chi connectivity index (χ1n) is 4.01. The van der Waals surface area contributed by atoms with E-state index in [1.165, 1.54) is 0 Å². The van der Waals surface area contributed by atoms with Crippen molar-refractivity contribution in [2.75, 3.05) is 0 Å². The van der Waals surface area contributed by atoms with E-state index in [1.807, 2.05) is 18.4 Å². The lowest BCUT2D eigenvalue weighted by Crippen LogP contribution is -1.80. The van der Waals surface area contributed by atoms with Gasteiger partial charge in [0, 0.05) is 4.47 Å². The lowest BCUT2D eigenvalue weighted by molar-refractivity contribution is 0.509. The number of hydrogen-bond donors (Lipinski definition) is 0. The maximum absolute atomic E-state index is 5.85. The molecular formula is C9H7BrClNOS. The molecule has 74 valence electrons. The summed E-state index contributed by atoms with van der Waals surface area (Å²) < 4.78 is 6.53. The molecule has 0 saturated heterocycles. The maximum atomic E-state index is 5.85. The third-order valence-corrected chi connectivity index (χ3v) is 3.74. The first kappa shape index (κ1) is 10.2. The van der Waals surface area contributed by atoms with Crippen LogP contribution in [-0.4, -0.2) is 4.98 Å². The maximum Gasteiger partial charge on any atom is 0.212 e. The Kier molecular flexibility index (Phi) is 2.95. The van der Waals surface area contributed by atoms with Crippen LogP contribution in [0.25, 0.3) is 10.6 Å². The van der Waals surface area contributed by atoms with Crippen molar-refractivity contribution in [3.05, 3.63) is 28.0 Å². The summed E-state index contributed by atoms with van der Waals surface area (Å²) in [6.45, 7) is 1.83. The fourth-order valence-corrected chi connectivity index (χ4v) is 2.66. The number of rotatable bonds is 2. The number of aromatic nitrogens is 1. The first-order valence-corrected chi connectivity index (χ1v) is 6.12. The Labute approximate surface area is 99.0 Å². The molecule has 1 unspecified atom stereocenters. The Morgan fingerprint density at radius 3 is 2.93 bits per heavy atom. The van der Waals surface area contributed by atoms with Gasteiger partial charge in [0.2, 0.25) is 5.89 Å². The van der Waals surface area contributed by atoms with Crippen LogP contribution < -0.4 is 0 Å². The van der Waals surface area contributed by atoms with Crippen molar-refractivity contribution in [1.29, 1.82) is 0 Å². The third-order valence-electron chi connectivity index (χ3n) is 1.70. The van der Waals surface area contributed by atoms with E-state index in [2.05, 4.69) is 20.9 Å². The zero-order chi connectivity index (χ0) is 10.1. The first-order chi connectivity index (χ1) is 6.68. The summed E-state index contributed by atoms with van der Waals surface area (Å²) in [6.07, 6.45) is 1.70. The zero-order valence-electron chi connectivity index (χ0n) is 7.33. The monoisotopic (exact) mass is 291 g/mol. The van der Waals surface area contributed by atoms with E-state index in [1.54, 1.807) is 17.5 Å². The molecule has 0 fully saturated rings. The molecule has 0 aromatic carbocycles. The van der Waals surface area contributed by atoms with Gasteiger partial charge in [0.25, 0.3) is 0 Å². The fraction of sp³-hybridized carbons (Fsp3) is 0.222. The van der Waals surface area contributed by atoms with Gasteiger partial charge in [-0.25, -0.2) is 4.98 Å². The largest absolute Gasteiger partial charge is 0.438 e. The average Bonchev–Trinajstić information content (AvgIpc) is 2.71. The van der Waals surface area contributed by atoms with E-state index in [-0.39, 0.29) is 5.38 Å². The summed E-state index contributed by atoms with van der Waals surface area (Å²) in [5.41, 5.74) is 0. The lowest BCUT2D eigenvalue weighted by atomic mass is 10.4. The standard InChI is InChI=1S/C9H7BrClNOS/c1-5(11)9-12-4-7(13-9)8-6(10)2-3-14-8/h2-5H,1H3. The van der Waals surface area contributed by atoms with Crippen LogP contribution >= 0.6 is 38.9 Å². The molecule has 2 rings (SSSR count). The second-order valence-electron chi connectivity index (χ2n) is 2.78. The summed E-state index contributed by atoms with van der Waals surface area (Å²) in [4.78, 5) is 5.14. The third kappa shape index (κ3) is 1.87. The summed E-state index contributed by atoms with van der Waals surface area (Å²) in [5, 5.41) is 1.80. The Morgan fingerprint density at radius 2 is 2.43 bits per heavy atom. The smallest absolute Gasteiger partial charge is 0.212 e. The van der Waals surface area contributed by atoms with Gasteiger partial charge < -0.3 is 4.42 Å². The van der Waals surface area contributed by atoms with Gasteiger partial charge in [-0.2, -0.15) is 0 Å². The molecule has 14 heavy (non-hydrogen) atoms. The summed E-state index contributed by atoms with van der Waals surface area (Å²) in [6, 6.07) is 1.98. The predicted octanol–water partition coefficient (Wildman–Crippen LogP) is 4.47. The van der Waals surface area contributed by atoms with E-state index in [0.717, 1.165) is 15.1 Å². The summed E-state index contributed by atoms with van der Waals surface area (Å²) in [7, 11) is 0. The van der Waals surface area contributed by atoms with Gasteiger partial charge in [0.05, 0.1) is 11.1 Å². The molecule has 2 heterocycles. The molecule has 0 saturated carbocycles. The molecular weight excluding hydrogens is 286 g/mol. The van der Waals surface area contributed by atoms with E-state index in [4.69, 9.17) is 16.0 Å². The van der Waals surface area contributed by atoms with Gasteiger partial charge in [-0.05, 0) is 34.3 Å². The van der Waals surface area contributed by atoms with Crippen molar-refractivity contribution in [2.45, 2.75) is 12.3 Å². The molecule has 2 nitrogen and oxygen atoms in total. The highest BCUT2D eigenvalue weighted by molar-refractivity contribution is 9.10. The van der Waals surface area contributed by atoms with E-state index >= 15 is 0 Å². The van der Waals surface area contributed by atoms with Gasteiger partial charge in [-0.1, -0.05) is 0 Å². The summed E-state index contributed by atoms with van der Waals surface area (Å²) in [5.74, 6) is 1.32. The second kappa shape index (κ2) is 4.04. The van der Waals surface area contributed by atoms with Gasteiger partial charge >= 0.3 is 0 Å². The Balaban J connectivity index is 2.39. The number of thiophene rings is 1. The average molecular weight is 293 g/mol. The molecule has 0 amide bonds. The predicted molar refractivity (Wildman–Crippen MR) is 61.8 cm³/mol. The van der Waals surface area contributed by atoms with Crippen molar-refractivity contribution in [2.24, 2.45) is 0 Å². The molecule has 0 N–H and O–H groups in total. The molecule has 0 aliphatic heterocycles. The topological polar surface area (TPSA) is 26.0 Å². The SMILES string of the molecule is CC(Cl)c1ncc(-c2sccc2Br)o1. The van der Waals surface area contributed by atoms with Crippen LogP contribution in [0.15, 0.2) is 26.5 Å². The van der Waals surface area contributed by atoms with E-state index < -0.39 is 0 Å². The molecule has 1 atom stereocenters. The molecule has 5 heteroatoms. The van der Waals surface area contributed by atoms with Crippen molar-refractivity contribution >= 4 is 38.9 Å². The number of halogens is 2. The van der Waals surface area contributed by atoms with Crippen LogP contribution in [-0.2, 0) is 0 Å². The molecule has 0 radical (unpaired) electrons.